The number of hydrogen-bond acceptors (Lipinski definition) is 2. The average Bonchev–Trinajstić information content (AvgIpc) is 2.66. The van der Waals surface area contributed by atoms with Crippen LogP contribution in [0.5, 0.6) is 0 Å². The third-order valence-electron chi connectivity index (χ3n) is 2.55. The van der Waals surface area contributed by atoms with Gasteiger partial charge in [-0.1, -0.05) is 29.8 Å². The van der Waals surface area contributed by atoms with Crippen molar-refractivity contribution in [1.82, 2.24) is 0 Å². The molecular weight excluding hydrogens is 266 g/mol. The van der Waals surface area contributed by atoms with Gasteiger partial charge in [0.2, 0.25) is 5.90 Å². The van der Waals surface area contributed by atoms with Crippen molar-refractivity contribution >= 4 is 21.8 Å². The molecule has 1 aliphatic heterocycles. The molecule has 0 spiro atoms. The maximum atomic E-state index is 5.63. The predicted octanol–water partition coefficient (Wildman–Crippen LogP) is 3.64. The Morgan fingerprint density at radius 1 is 1.38 bits per heavy atom. The molecule has 1 aromatic carbocycles. The third kappa shape index (κ3) is 2.85. The molecule has 1 aromatic rings. The summed E-state index contributed by atoms with van der Waals surface area (Å²) >= 11 is 3.42. The van der Waals surface area contributed by atoms with Crippen LogP contribution in [0.2, 0.25) is 0 Å². The molecule has 0 amide bonds. The van der Waals surface area contributed by atoms with E-state index in [4.69, 9.17) is 4.74 Å². The van der Waals surface area contributed by atoms with Crippen LogP contribution in [0, 0.1) is 5.92 Å². The lowest BCUT2D eigenvalue weighted by molar-refractivity contribution is 0.301. The van der Waals surface area contributed by atoms with Gasteiger partial charge in [0, 0.05) is 10.0 Å². The van der Waals surface area contributed by atoms with E-state index in [9.17, 15) is 0 Å². The van der Waals surface area contributed by atoms with Gasteiger partial charge in [0.05, 0.1) is 6.04 Å². The Bertz CT molecular complexity index is 383. The zero-order chi connectivity index (χ0) is 11.5. The molecule has 1 atom stereocenters. The maximum Gasteiger partial charge on any atom is 0.216 e. The summed E-state index contributed by atoms with van der Waals surface area (Å²) in [7, 11) is 0. The Balaban J connectivity index is 2.08. The van der Waals surface area contributed by atoms with Crippen molar-refractivity contribution in [1.29, 1.82) is 0 Å². The second-order valence-corrected chi connectivity index (χ2v) is 5.45. The zero-order valence-electron chi connectivity index (χ0n) is 9.61. The first-order valence-corrected chi connectivity index (χ1v) is 6.41. The monoisotopic (exact) mass is 281 g/mol. The van der Waals surface area contributed by atoms with Gasteiger partial charge in [-0.15, -0.1) is 0 Å². The standard InChI is InChI=1S/C13H16BrNO/c1-9(2)7-12-8-16-13(15-12)10-3-5-11(14)6-4-10/h3-6,9,12H,7-8H2,1-2H3. The van der Waals surface area contributed by atoms with Gasteiger partial charge in [-0.3, -0.25) is 0 Å². The van der Waals surface area contributed by atoms with Gasteiger partial charge in [0.25, 0.3) is 0 Å². The minimum Gasteiger partial charge on any atom is -0.475 e. The molecule has 0 saturated heterocycles. The smallest absolute Gasteiger partial charge is 0.216 e. The normalized spacial score (nSPS) is 19.8. The van der Waals surface area contributed by atoms with Crippen molar-refractivity contribution in [2.75, 3.05) is 6.61 Å². The molecule has 2 rings (SSSR count). The van der Waals surface area contributed by atoms with E-state index in [2.05, 4.69) is 34.8 Å². The molecule has 1 unspecified atom stereocenters. The van der Waals surface area contributed by atoms with E-state index in [0.29, 0.717) is 12.0 Å². The number of hydrogen-bond donors (Lipinski definition) is 0. The molecule has 0 bridgehead atoms. The van der Waals surface area contributed by atoms with Crippen molar-refractivity contribution in [3.63, 3.8) is 0 Å². The molecule has 2 nitrogen and oxygen atoms in total. The van der Waals surface area contributed by atoms with Crippen molar-refractivity contribution in [2.24, 2.45) is 10.9 Å². The lowest BCUT2D eigenvalue weighted by Gasteiger charge is -2.06. The fraction of sp³-hybridized carbons (Fsp3) is 0.462. The first-order chi connectivity index (χ1) is 7.65. The van der Waals surface area contributed by atoms with E-state index >= 15 is 0 Å². The largest absolute Gasteiger partial charge is 0.475 e. The molecule has 0 N–H and O–H groups in total. The molecule has 0 saturated carbocycles. The highest BCUT2D eigenvalue weighted by Crippen LogP contribution is 2.19. The van der Waals surface area contributed by atoms with E-state index < -0.39 is 0 Å². The van der Waals surface area contributed by atoms with E-state index in [0.717, 1.165) is 29.0 Å². The van der Waals surface area contributed by atoms with Crippen LogP contribution in [0.1, 0.15) is 25.8 Å². The fourth-order valence-corrected chi connectivity index (χ4v) is 2.10. The zero-order valence-corrected chi connectivity index (χ0v) is 11.2. The third-order valence-corrected chi connectivity index (χ3v) is 3.08. The summed E-state index contributed by atoms with van der Waals surface area (Å²) in [4.78, 5) is 4.61. The van der Waals surface area contributed by atoms with Crippen LogP contribution in [0.25, 0.3) is 0 Å². The van der Waals surface area contributed by atoms with Gasteiger partial charge in [-0.25, -0.2) is 4.99 Å². The Morgan fingerprint density at radius 3 is 2.69 bits per heavy atom. The number of ether oxygens (including phenoxy) is 1. The molecule has 16 heavy (non-hydrogen) atoms. The SMILES string of the molecule is CC(C)CC1COC(c2ccc(Br)cc2)=N1. The maximum absolute atomic E-state index is 5.63. The Morgan fingerprint density at radius 2 is 2.06 bits per heavy atom. The van der Waals surface area contributed by atoms with E-state index in [1.807, 2.05) is 24.3 Å². The summed E-state index contributed by atoms with van der Waals surface area (Å²) in [5.74, 6) is 1.46. The summed E-state index contributed by atoms with van der Waals surface area (Å²) in [6.07, 6.45) is 1.10. The van der Waals surface area contributed by atoms with E-state index in [1.165, 1.54) is 0 Å². The Kier molecular flexibility index (Phi) is 3.64. The van der Waals surface area contributed by atoms with Gasteiger partial charge in [0.1, 0.15) is 6.61 Å². The second-order valence-electron chi connectivity index (χ2n) is 4.54. The molecule has 0 aliphatic carbocycles. The van der Waals surface area contributed by atoms with Crippen molar-refractivity contribution in [3.05, 3.63) is 34.3 Å². The van der Waals surface area contributed by atoms with E-state index in [1.54, 1.807) is 0 Å². The quantitative estimate of drug-likeness (QED) is 0.829. The number of aliphatic imine (C=N–C) groups is 1. The highest BCUT2D eigenvalue weighted by atomic mass is 79.9. The molecule has 86 valence electrons. The first-order valence-electron chi connectivity index (χ1n) is 5.61. The van der Waals surface area contributed by atoms with Gasteiger partial charge >= 0.3 is 0 Å². The summed E-state index contributed by atoms with van der Waals surface area (Å²) in [6, 6.07) is 8.41. The van der Waals surface area contributed by atoms with Crippen LogP contribution in [0.15, 0.2) is 33.7 Å². The lowest BCUT2D eigenvalue weighted by atomic mass is 10.1. The summed E-state index contributed by atoms with van der Waals surface area (Å²) < 4.78 is 6.70. The molecule has 0 fully saturated rings. The van der Waals surface area contributed by atoms with Crippen LogP contribution in [0.3, 0.4) is 0 Å². The summed E-state index contributed by atoms with van der Waals surface area (Å²) in [5, 5.41) is 0. The van der Waals surface area contributed by atoms with Crippen LogP contribution >= 0.6 is 15.9 Å². The molecule has 1 aliphatic rings. The Labute approximate surface area is 105 Å². The molecule has 1 heterocycles. The first kappa shape index (κ1) is 11.6. The van der Waals surface area contributed by atoms with Crippen molar-refractivity contribution < 1.29 is 4.74 Å². The number of rotatable bonds is 3. The number of benzene rings is 1. The van der Waals surface area contributed by atoms with E-state index in [-0.39, 0.29) is 0 Å². The molecule has 3 heteroatoms. The molecule has 0 radical (unpaired) electrons. The van der Waals surface area contributed by atoms with Gasteiger partial charge in [-0.2, -0.15) is 0 Å². The minimum absolute atomic E-state index is 0.332. The highest BCUT2D eigenvalue weighted by molar-refractivity contribution is 9.10. The lowest BCUT2D eigenvalue weighted by Crippen LogP contribution is -2.09. The second kappa shape index (κ2) is 5.00. The number of nitrogens with zero attached hydrogens (tertiary/aromatic N) is 1. The van der Waals surface area contributed by atoms with Gasteiger partial charge < -0.3 is 4.74 Å². The number of halogens is 1. The van der Waals surface area contributed by atoms with Crippen molar-refractivity contribution in [3.8, 4) is 0 Å². The molecule has 0 aromatic heterocycles. The summed E-state index contributed by atoms with van der Waals surface area (Å²) in [6.45, 7) is 5.16. The average molecular weight is 282 g/mol. The van der Waals surface area contributed by atoms with Crippen LogP contribution < -0.4 is 0 Å². The predicted molar refractivity (Wildman–Crippen MR) is 69.9 cm³/mol. The Hall–Kier alpha value is -0.830. The minimum atomic E-state index is 0.332. The highest BCUT2D eigenvalue weighted by Gasteiger charge is 2.20. The van der Waals surface area contributed by atoms with Gasteiger partial charge in [-0.05, 0) is 36.6 Å². The summed E-state index contributed by atoms with van der Waals surface area (Å²) in [5.41, 5.74) is 1.06. The van der Waals surface area contributed by atoms with Crippen LogP contribution in [0.4, 0.5) is 0 Å². The van der Waals surface area contributed by atoms with Gasteiger partial charge in [0.15, 0.2) is 0 Å². The van der Waals surface area contributed by atoms with Crippen LogP contribution in [-0.2, 0) is 4.74 Å². The molecular formula is C13H16BrNO. The topological polar surface area (TPSA) is 21.6 Å². The van der Waals surface area contributed by atoms with Crippen molar-refractivity contribution in [2.45, 2.75) is 26.3 Å². The van der Waals surface area contributed by atoms with Crippen LogP contribution in [-0.4, -0.2) is 18.5 Å². The fourth-order valence-electron chi connectivity index (χ4n) is 1.83.